The first-order chi connectivity index (χ1) is 7.04. The van der Waals surface area contributed by atoms with E-state index in [4.69, 9.17) is 0 Å². The highest BCUT2D eigenvalue weighted by Crippen LogP contribution is 2.23. The smallest absolute Gasteiger partial charge is 0.0925 e. The topological polar surface area (TPSA) is 12.9 Å². The summed E-state index contributed by atoms with van der Waals surface area (Å²) < 4.78 is 0. The molecule has 15 heavy (non-hydrogen) atoms. The van der Waals surface area contributed by atoms with Crippen molar-refractivity contribution in [3.63, 3.8) is 0 Å². The molecule has 0 aliphatic rings. The Labute approximate surface area is 100.0 Å². The Balaban J connectivity index is 0. The minimum Gasteiger partial charge on any atom is -0.246 e. The van der Waals surface area contributed by atoms with Crippen LogP contribution in [-0.4, -0.2) is 4.98 Å². The van der Waals surface area contributed by atoms with E-state index in [2.05, 4.69) is 38.1 Å². The maximum atomic E-state index is 4.52. The molecule has 0 aliphatic carbocycles. The Kier molecular flexibility index (Phi) is 10.1. The maximum absolute atomic E-state index is 4.52. The average molecular weight is 229 g/mol. The molecule has 0 fully saturated rings. The third-order valence-corrected chi connectivity index (χ3v) is 2.62. The summed E-state index contributed by atoms with van der Waals surface area (Å²) in [4.78, 5) is 4.52. The molecule has 1 heterocycles. The molecular weight excluding hydrogens is 202 g/mol. The van der Waals surface area contributed by atoms with Crippen LogP contribution in [0.5, 0.6) is 0 Å². The van der Waals surface area contributed by atoms with Gasteiger partial charge in [0.1, 0.15) is 0 Å². The fourth-order valence-corrected chi connectivity index (χ4v) is 1.79. The zero-order valence-electron chi connectivity index (χ0n) is 11.6. The number of aromatic nitrogens is 1. The van der Waals surface area contributed by atoms with Crippen molar-refractivity contribution in [2.45, 2.75) is 67.2 Å². The van der Waals surface area contributed by atoms with Crippen LogP contribution in [0.25, 0.3) is 0 Å². The molecule has 0 saturated carbocycles. The number of nitrogens with zero attached hydrogens (tertiary/aromatic N) is 1. The summed E-state index contributed by atoms with van der Waals surface area (Å²) in [7, 11) is 0. The second-order valence-corrected chi connectivity index (χ2v) is 4.67. The van der Waals surface area contributed by atoms with Gasteiger partial charge in [-0.15, -0.1) is 11.3 Å². The SMILES string of the molecule is CC.CC.CCc1nc(C(C)(C)C)cs1. The molecule has 0 unspecified atom stereocenters. The summed E-state index contributed by atoms with van der Waals surface area (Å²) in [5, 5.41) is 3.41. The van der Waals surface area contributed by atoms with Crippen molar-refractivity contribution >= 4 is 11.3 Å². The third-order valence-electron chi connectivity index (χ3n) is 1.62. The van der Waals surface area contributed by atoms with Gasteiger partial charge in [0.25, 0.3) is 0 Å². The molecule has 0 saturated heterocycles. The molecule has 1 nitrogen and oxygen atoms in total. The molecule has 2 heteroatoms. The largest absolute Gasteiger partial charge is 0.246 e. The zero-order chi connectivity index (χ0) is 12.5. The Bertz CT molecular complexity index is 233. The maximum Gasteiger partial charge on any atom is 0.0925 e. The lowest BCUT2D eigenvalue weighted by Crippen LogP contribution is -2.11. The van der Waals surface area contributed by atoms with Crippen LogP contribution in [0, 0.1) is 0 Å². The molecular formula is C13H27NS. The van der Waals surface area contributed by atoms with E-state index < -0.39 is 0 Å². The standard InChI is InChI=1S/C9H15NS.2C2H6/c1-5-8-10-7(6-11-8)9(2,3)4;2*1-2/h6H,5H2,1-4H3;2*1-2H3. The fraction of sp³-hybridized carbons (Fsp3) is 0.769. The molecule has 1 rings (SSSR count). The number of aryl methyl sites for hydroxylation is 1. The monoisotopic (exact) mass is 229 g/mol. The van der Waals surface area contributed by atoms with Crippen molar-refractivity contribution < 1.29 is 0 Å². The molecule has 0 aromatic carbocycles. The number of rotatable bonds is 1. The van der Waals surface area contributed by atoms with Gasteiger partial charge < -0.3 is 0 Å². The van der Waals surface area contributed by atoms with Crippen LogP contribution in [0.4, 0.5) is 0 Å². The fourth-order valence-electron chi connectivity index (χ4n) is 0.818. The van der Waals surface area contributed by atoms with Gasteiger partial charge in [0.2, 0.25) is 0 Å². The van der Waals surface area contributed by atoms with Crippen LogP contribution < -0.4 is 0 Å². The van der Waals surface area contributed by atoms with Crippen LogP contribution in [0.2, 0.25) is 0 Å². The first-order valence-electron chi connectivity index (χ1n) is 5.99. The van der Waals surface area contributed by atoms with E-state index in [0.717, 1.165) is 6.42 Å². The average Bonchev–Trinajstić information content (AvgIpc) is 2.71. The van der Waals surface area contributed by atoms with Crippen LogP contribution >= 0.6 is 11.3 Å². The summed E-state index contributed by atoms with van der Waals surface area (Å²) in [6.45, 7) is 16.7. The van der Waals surface area contributed by atoms with E-state index in [1.807, 2.05) is 27.7 Å². The predicted molar refractivity (Wildman–Crippen MR) is 72.9 cm³/mol. The Morgan fingerprint density at radius 3 is 1.80 bits per heavy atom. The van der Waals surface area contributed by atoms with Gasteiger partial charge in [-0.1, -0.05) is 55.4 Å². The van der Waals surface area contributed by atoms with Crippen LogP contribution in [0.3, 0.4) is 0 Å². The first kappa shape index (κ1) is 17.0. The van der Waals surface area contributed by atoms with Gasteiger partial charge in [0.15, 0.2) is 0 Å². The highest BCUT2D eigenvalue weighted by Gasteiger charge is 2.16. The van der Waals surface area contributed by atoms with Gasteiger partial charge in [-0.3, -0.25) is 0 Å². The van der Waals surface area contributed by atoms with Crippen LogP contribution in [0.1, 0.15) is 66.1 Å². The van der Waals surface area contributed by atoms with Gasteiger partial charge in [-0.25, -0.2) is 4.98 Å². The summed E-state index contributed by atoms with van der Waals surface area (Å²) in [5.74, 6) is 0. The predicted octanol–water partition coefficient (Wildman–Crippen LogP) is 5.06. The first-order valence-corrected chi connectivity index (χ1v) is 6.87. The summed E-state index contributed by atoms with van der Waals surface area (Å²) in [6.07, 6.45) is 1.06. The Morgan fingerprint density at radius 2 is 1.60 bits per heavy atom. The quantitative estimate of drug-likeness (QED) is 0.656. The Morgan fingerprint density at radius 1 is 1.13 bits per heavy atom. The second-order valence-electron chi connectivity index (χ2n) is 3.73. The van der Waals surface area contributed by atoms with Gasteiger partial charge in [-0.2, -0.15) is 0 Å². The highest BCUT2D eigenvalue weighted by molar-refractivity contribution is 7.09. The molecule has 0 atom stereocenters. The second kappa shape index (κ2) is 8.90. The molecule has 0 spiro atoms. The molecule has 0 N–H and O–H groups in total. The van der Waals surface area contributed by atoms with Gasteiger partial charge in [0.05, 0.1) is 10.7 Å². The van der Waals surface area contributed by atoms with E-state index in [1.165, 1.54) is 10.7 Å². The molecule has 0 radical (unpaired) electrons. The lowest BCUT2D eigenvalue weighted by molar-refractivity contribution is 0.571. The minimum atomic E-state index is 0.212. The number of hydrogen-bond acceptors (Lipinski definition) is 2. The van der Waals surface area contributed by atoms with Crippen molar-refractivity contribution in [2.75, 3.05) is 0 Å². The molecule has 90 valence electrons. The minimum absolute atomic E-state index is 0.212. The highest BCUT2D eigenvalue weighted by atomic mass is 32.1. The third kappa shape index (κ3) is 6.67. The van der Waals surface area contributed by atoms with Gasteiger partial charge in [-0.05, 0) is 6.42 Å². The van der Waals surface area contributed by atoms with Crippen molar-refractivity contribution in [2.24, 2.45) is 0 Å². The van der Waals surface area contributed by atoms with Crippen molar-refractivity contribution in [1.29, 1.82) is 0 Å². The van der Waals surface area contributed by atoms with Crippen LogP contribution in [-0.2, 0) is 11.8 Å². The number of thiazole rings is 1. The van der Waals surface area contributed by atoms with Crippen molar-refractivity contribution in [1.82, 2.24) is 4.98 Å². The van der Waals surface area contributed by atoms with E-state index >= 15 is 0 Å². The summed E-state index contributed by atoms with van der Waals surface area (Å²) in [6, 6.07) is 0. The van der Waals surface area contributed by atoms with Crippen molar-refractivity contribution in [3.8, 4) is 0 Å². The lowest BCUT2D eigenvalue weighted by Gasteiger charge is -2.14. The normalized spacial score (nSPS) is 9.60. The molecule has 0 bridgehead atoms. The van der Waals surface area contributed by atoms with Gasteiger partial charge in [0, 0.05) is 10.8 Å². The van der Waals surface area contributed by atoms with Crippen LogP contribution in [0.15, 0.2) is 5.38 Å². The summed E-state index contributed by atoms with van der Waals surface area (Å²) in [5.41, 5.74) is 1.43. The zero-order valence-corrected chi connectivity index (χ0v) is 12.5. The lowest BCUT2D eigenvalue weighted by atomic mass is 9.93. The summed E-state index contributed by atoms with van der Waals surface area (Å²) >= 11 is 1.77. The van der Waals surface area contributed by atoms with Gasteiger partial charge >= 0.3 is 0 Å². The van der Waals surface area contributed by atoms with E-state index in [0.29, 0.717) is 0 Å². The Hall–Kier alpha value is -0.370. The van der Waals surface area contributed by atoms with E-state index in [1.54, 1.807) is 11.3 Å². The van der Waals surface area contributed by atoms with Crippen molar-refractivity contribution in [3.05, 3.63) is 16.1 Å². The molecule has 0 aliphatic heterocycles. The van der Waals surface area contributed by atoms with E-state index in [-0.39, 0.29) is 5.41 Å². The van der Waals surface area contributed by atoms with E-state index in [9.17, 15) is 0 Å². The number of hydrogen-bond donors (Lipinski definition) is 0. The molecule has 1 aromatic rings. The molecule has 0 amide bonds. The molecule has 1 aromatic heterocycles.